The van der Waals surface area contributed by atoms with Crippen LogP contribution in [-0.2, 0) is 4.79 Å². The number of anilines is 1. The number of carbonyl (C=O) groups is 1. The molecule has 1 amide bonds. The van der Waals surface area contributed by atoms with E-state index in [1.807, 2.05) is 13.0 Å². The lowest BCUT2D eigenvalue weighted by molar-refractivity contribution is -0.119. The molecule has 0 saturated heterocycles. The van der Waals surface area contributed by atoms with Crippen LogP contribution in [0.1, 0.15) is 31.4 Å². The molecule has 1 aliphatic rings. The summed E-state index contributed by atoms with van der Waals surface area (Å²) >= 11 is 0. The highest BCUT2D eigenvalue weighted by molar-refractivity contribution is 5.91. The zero-order valence-electron chi connectivity index (χ0n) is 10.2. The predicted molar refractivity (Wildman–Crippen MR) is 67.6 cm³/mol. The van der Waals surface area contributed by atoms with Gasteiger partial charge < -0.3 is 11.1 Å². The lowest BCUT2D eigenvalue weighted by Crippen LogP contribution is -2.40. The minimum Gasteiger partial charge on any atom is -0.330 e. The van der Waals surface area contributed by atoms with Crippen molar-refractivity contribution in [3.05, 3.63) is 24.0 Å². The monoisotopic (exact) mass is 233 g/mol. The van der Waals surface area contributed by atoms with Gasteiger partial charge in [-0.05, 0) is 43.9 Å². The van der Waals surface area contributed by atoms with Crippen LogP contribution in [0.2, 0.25) is 0 Å². The lowest BCUT2D eigenvalue weighted by atomic mass is 9.66. The Kier molecular flexibility index (Phi) is 3.43. The summed E-state index contributed by atoms with van der Waals surface area (Å²) in [7, 11) is 0. The van der Waals surface area contributed by atoms with Gasteiger partial charge in [-0.3, -0.25) is 9.78 Å². The van der Waals surface area contributed by atoms with E-state index in [1.165, 1.54) is 6.42 Å². The lowest BCUT2D eigenvalue weighted by Gasteiger charge is -2.40. The van der Waals surface area contributed by atoms with Crippen molar-refractivity contribution in [1.82, 2.24) is 4.98 Å². The molecule has 0 spiro atoms. The molecule has 1 aliphatic carbocycles. The van der Waals surface area contributed by atoms with E-state index in [4.69, 9.17) is 5.73 Å². The second-order valence-electron chi connectivity index (χ2n) is 4.97. The molecule has 1 aromatic rings. The molecule has 17 heavy (non-hydrogen) atoms. The topological polar surface area (TPSA) is 68.0 Å². The number of rotatable bonds is 4. The van der Waals surface area contributed by atoms with Gasteiger partial charge in [0.1, 0.15) is 0 Å². The molecule has 3 N–H and O–H groups in total. The Morgan fingerprint density at radius 2 is 2.35 bits per heavy atom. The first kappa shape index (κ1) is 12.0. The number of amides is 1. The molecule has 0 radical (unpaired) electrons. The fourth-order valence-corrected chi connectivity index (χ4v) is 2.30. The Morgan fingerprint density at radius 1 is 1.59 bits per heavy atom. The van der Waals surface area contributed by atoms with Crippen molar-refractivity contribution >= 4 is 11.6 Å². The van der Waals surface area contributed by atoms with Crippen LogP contribution in [0, 0.1) is 12.3 Å². The Bertz CT molecular complexity index is 407. The summed E-state index contributed by atoms with van der Waals surface area (Å²) in [5, 5.41) is 2.91. The van der Waals surface area contributed by atoms with Crippen molar-refractivity contribution < 1.29 is 4.79 Å². The fraction of sp³-hybridized carbons (Fsp3) is 0.538. The van der Waals surface area contributed by atoms with E-state index in [2.05, 4.69) is 10.3 Å². The van der Waals surface area contributed by atoms with E-state index < -0.39 is 0 Å². The molecule has 1 aromatic heterocycles. The van der Waals surface area contributed by atoms with Crippen molar-refractivity contribution in [2.45, 2.75) is 32.6 Å². The number of nitrogens with two attached hydrogens (primary N) is 1. The molecule has 4 heteroatoms. The smallest absolute Gasteiger partial charge is 0.224 e. The third-order valence-corrected chi connectivity index (χ3v) is 3.56. The van der Waals surface area contributed by atoms with E-state index in [0.29, 0.717) is 13.0 Å². The molecule has 0 bridgehead atoms. The van der Waals surface area contributed by atoms with E-state index in [1.54, 1.807) is 12.3 Å². The predicted octanol–water partition coefficient (Wildman–Crippen LogP) is 1.85. The number of pyridine rings is 1. The van der Waals surface area contributed by atoms with Crippen LogP contribution in [-0.4, -0.2) is 17.4 Å². The summed E-state index contributed by atoms with van der Waals surface area (Å²) in [5.41, 5.74) is 7.52. The Hall–Kier alpha value is -1.42. The van der Waals surface area contributed by atoms with E-state index >= 15 is 0 Å². The summed E-state index contributed by atoms with van der Waals surface area (Å²) in [5.74, 6) is 0.0563. The average molecular weight is 233 g/mol. The number of hydrogen-bond donors (Lipinski definition) is 2. The maximum absolute atomic E-state index is 11.9. The minimum absolute atomic E-state index is 0.0563. The van der Waals surface area contributed by atoms with Gasteiger partial charge in [0.2, 0.25) is 5.91 Å². The SMILES string of the molecule is Cc1cc(NC(=O)CC2(CN)CCC2)ccn1. The van der Waals surface area contributed by atoms with Crippen molar-refractivity contribution in [1.29, 1.82) is 0 Å². The van der Waals surface area contributed by atoms with Crippen LogP contribution in [0.4, 0.5) is 5.69 Å². The summed E-state index contributed by atoms with van der Waals surface area (Å²) in [4.78, 5) is 16.0. The molecule has 2 rings (SSSR count). The van der Waals surface area contributed by atoms with Crippen LogP contribution >= 0.6 is 0 Å². The van der Waals surface area contributed by atoms with Gasteiger partial charge in [-0.2, -0.15) is 0 Å². The van der Waals surface area contributed by atoms with Gasteiger partial charge in [-0.1, -0.05) is 6.42 Å². The molecule has 4 nitrogen and oxygen atoms in total. The normalized spacial score (nSPS) is 17.3. The van der Waals surface area contributed by atoms with Crippen LogP contribution in [0.15, 0.2) is 18.3 Å². The Labute approximate surface area is 102 Å². The maximum Gasteiger partial charge on any atom is 0.224 e. The molecule has 0 atom stereocenters. The second-order valence-corrected chi connectivity index (χ2v) is 4.97. The molecule has 0 unspecified atom stereocenters. The minimum atomic E-state index is 0.0563. The molecular weight excluding hydrogens is 214 g/mol. The first-order chi connectivity index (χ1) is 8.13. The van der Waals surface area contributed by atoms with Gasteiger partial charge in [0.05, 0.1) is 0 Å². The fourth-order valence-electron chi connectivity index (χ4n) is 2.30. The zero-order chi connectivity index (χ0) is 12.3. The van der Waals surface area contributed by atoms with E-state index in [9.17, 15) is 4.79 Å². The third kappa shape index (κ3) is 2.82. The standard InChI is InChI=1S/C13H19N3O/c1-10-7-11(3-6-15-10)16-12(17)8-13(9-14)4-2-5-13/h3,6-7H,2,4-5,8-9,14H2,1H3,(H,15,16,17). The van der Waals surface area contributed by atoms with Crippen molar-refractivity contribution in [3.63, 3.8) is 0 Å². The summed E-state index contributed by atoms with van der Waals surface area (Å²) in [6.07, 6.45) is 5.58. The maximum atomic E-state index is 11.9. The molecular formula is C13H19N3O. The Balaban J connectivity index is 1.93. The number of aryl methyl sites for hydroxylation is 1. The van der Waals surface area contributed by atoms with E-state index in [0.717, 1.165) is 24.2 Å². The number of nitrogens with one attached hydrogen (secondary N) is 1. The third-order valence-electron chi connectivity index (χ3n) is 3.56. The van der Waals surface area contributed by atoms with Crippen LogP contribution in [0.3, 0.4) is 0 Å². The van der Waals surface area contributed by atoms with Crippen LogP contribution < -0.4 is 11.1 Å². The first-order valence-electron chi connectivity index (χ1n) is 6.06. The van der Waals surface area contributed by atoms with Gasteiger partial charge in [0.25, 0.3) is 0 Å². The second kappa shape index (κ2) is 4.84. The molecule has 1 heterocycles. The van der Waals surface area contributed by atoms with Gasteiger partial charge in [0.15, 0.2) is 0 Å². The van der Waals surface area contributed by atoms with Gasteiger partial charge in [-0.15, -0.1) is 0 Å². The highest BCUT2D eigenvalue weighted by Gasteiger charge is 2.37. The quantitative estimate of drug-likeness (QED) is 0.834. The number of carbonyl (C=O) groups excluding carboxylic acids is 1. The molecule has 1 saturated carbocycles. The van der Waals surface area contributed by atoms with Crippen molar-refractivity contribution in [2.75, 3.05) is 11.9 Å². The number of nitrogens with zero attached hydrogens (tertiary/aromatic N) is 1. The van der Waals surface area contributed by atoms with Crippen LogP contribution in [0.5, 0.6) is 0 Å². The summed E-state index contributed by atoms with van der Waals surface area (Å²) in [6.45, 7) is 2.51. The van der Waals surface area contributed by atoms with E-state index in [-0.39, 0.29) is 11.3 Å². The number of aromatic nitrogens is 1. The molecule has 1 fully saturated rings. The first-order valence-corrected chi connectivity index (χ1v) is 6.06. The average Bonchev–Trinajstić information content (AvgIpc) is 2.23. The number of hydrogen-bond acceptors (Lipinski definition) is 3. The summed E-state index contributed by atoms with van der Waals surface area (Å²) < 4.78 is 0. The molecule has 0 aliphatic heterocycles. The van der Waals surface area contributed by atoms with Gasteiger partial charge in [0, 0.05) is 24.0 Å². The highest BCUT2D eigenvalue weighted by Crippen LogP contribution is 2.42. The van der Waals surface area contributed by atoms with Crippen molar-refractivity contribution in [3.8, 4) is 0 Å². The largest absolute Gasteiger partial charge is 0.330 e. The zero-order valence-corrected chi connectivity index (χ0v) is 10.2. The van der Waals surface area contributed by atoms with Crippen molar-refractivity contribution in [2.24, 2.45) is 11.1 Å². The highest BCUT2D eigenvalue weighted by atomic mass is 16.1. The van der Waals surface area contributed by atoms with Gasteiger partial charge >= 0.3 is 0 Å². The molecule has 92 valence electrons. The Morgan fingerprint density at radius 3 is 2.88 bits per heavy atom. The summed E-state index contributed by atoms with van der Waals surface area (Å²) in [6, 6.07) is 3.68. The van der Waals surface area contributed by atoms with Crippen LogP contribution in [0.25, 0.3) is 0 Å². The molecule has 0 aromatic carbocycles. The van der Waals surface area contributed by atoms with Gasteiger partial charge in [-0.25, -0.2) is 0 Å².